The maximum absolute atomic E-state index is 12.1. The molecule has 0 aliphatic carbocycles. The molecule has 0 saturated carbocycles. The average molecular weight is 276 g/mol. The first-order valence-electron chi connectivity index (χ1n) is 7.41. The summed E-state index contributed by atoms with van der Waals surface area (Å²) in [6, 6.07) is 8.01. The van der Waals surface area contributed by atoms with Crippen LogP contribution in [0.2, 0.25) is 0 Å². The fourth-order valence-electron chi connectivity index (χ4n) is 2.36. The van der Waals surface area contributed by atoms with Gasteiger partial charge in [-0.1, -0.05) is 19.1 Å². The van der Waals surface area contributed by atoms with Gasteiger partial charge >= 0.3 is 0 Å². The van der Waals surface area contributed by atoms with Gasteiger partial charge in [0, 0.05) is 12.2 Å². The van der Waals surface area contributed by atoms with Crippen molar-refractivity contribution in [2.24, 2.45) is 5.92 Å². The Morgan fingerprint density at radius 3 is 2.70 bits per heavy atom. The molecule has 1 amide bonds. The second kappa shape index (κ2) is 7.41. The molecule has 1 aliphatic rings. The summed E-state index contributed by atoms with van der Waals surface area (Å²) in [5, 5.41) is 6.32. The number of anilines is 1. The van der Waals surface area contributed by atoms with Crippen LogP contribution in [0.15, 0.2) is 24.3 Å². The van der Waals surface area contributed by atoms with Crippen LogP contribution in [0.1, 0.15) is 32.3 Å². The summed E-state index contributed by atoms with van der Waals surface area (Å²) >= 11 is 0. The minimum atomic E-state index is -0.0177. The smallest absolute Gasteiger partial charge is 0.229 e. The van der Waals surface area contributed by atoms with E-state index < -0.39 is 0 Å². The van der Waals surface area contributed by atoms with Crippen LogP contribution in [0.25, 0.3) is 0 Å². The number of carbonyl (C=O) groups is 1. The molecule has 0 spiro atoms. The maximum Gasteiger partial charge on any atom is 0.229 e. The van der Waals surface area contributed by atoms with Crippen molar-refractivity contribution in [1.82, 2.24) is 5.32 Å². The van der Waals surface area contributed by atoms with E-state index in [-0.39, 0.29) is 17.9 Å². The van der Waals surface area contributed by atoms with Crippen molar-refractivity contribution in [2.45, 2.75) is 39.3 Å². The fraction of sp³-hybridized carbons (Fsp3) is 0.562. The third kappa shape index (κ3) is 4.32. The van der Waals surface area contributed by atoms with Gasteiger partial charge in [-0.05, 0) is 44.0 Å². The first-order chi connectivity index (χ1) is 9.69. The molecule has 20 heavy (non-hydrogen) atoms. The lowest BCUT2D eigenvalue weighted by Gasteiger charge is -2.10. The molecule has 4 nitrogen and oxygen atoms in total. The van der Waals surface area contributed by atoms with Crippen molar-refractivity contribution in [3.63, 3.8) is 0 Å². The number of rotatable bonds is 6. The highest BCUT2D eigenvalue weighted by atomic mass is 16.5. The zero-order chi connectivity index (χ0) is 14.4. The normalized spacial score (nSPS) is 21.9. The topological polar surface area (TPSA) is 50.4 Å². The number of carbonyl (C=O) groups excluding carboxylic acids is 1. The minimum Gasteiger partial charge on any atom is -0.378 e. The summed E-state index contributed by atoms with van der Waals surface area (Å²) in [4.78, 5) is 12.1. The van der Waals surface area contributed by atoms with Crippen molar-refractivity contribution in [3.8, 4) is 0 Å². The Hall–Kier alpha value is -1.39. The van der Waals surface area contributed by atoms with Crippen LogP contribution in [0.3, 0.4) is 0 Å². The summed E-state index contributed by atoms with van der Waals surface area (Å²) < 4.78 is 5.43. The van der Waals surface area contributed by atoms with Gasteiger partial charge in [-0.3, -0.25) is 4.79 Å². The van der Waals surface area contributed by atoms with E-state index in [1.165, 1.54) is 5.56 Å². The van der Waals surface area contributed by atoms with Crippen molar-refractivity contribution in [2.75, 3.05) is 18.5 Å². The molecule has 1 fully saturated rings. The van der Waals surface area contributed by atoms with Crippen LogP contribution in [-0.2, 0) is 16.1 Å². The molecule has 1 saturated heterocycles. The zero-order valence-corrected chi connectivity index (χ0v) is 12.3. The number of amides is 1. The van der Waals surface area contributed by atoms with E-state index in [0.29, 0.717) is 6.61 Å². The van der Waals surface area contributed by atoms with E-state index in [4.69, 9.17) is 4.74 Å². The molecule has 0 radical (unpaired) electrons. The van der Waals surface area contributed by atoms with E-state index >= 15 is 0 Å². The van der Waals surface area contributed by atoms with Gasteiger partial charge in [0.15, 0.2) is 0 Å². The Bertz CT molecular complexity index is 431. The first-order valence-corrected chi connectivity index (χ1v) is 7.41. The van der Waals surface area contributed by atoms with Crippen LogP contribution in [-0.4, -0.2) is 25.2 Å². The Balaban J connectivity index is 1.82. The third-order valence-corrected chi connectivity index (χ3v) is 3.55. The first kappa shape index (κ1) is 15.0. The van der Waals surface area contributed by atoms with Crippen molar-refractivity contribution >= 4 is 11.6 Å². The Labute approximate surface area is 120 Å². The molecule has 2 N–H and O–H groups in total. The highest BCUT2D eigenvalue weighted by Crippen LogP contribution is 2.21. The van der Waals surface area contributed by atoms with Crippen molar-refractivity contribution in [3.05, 3.63) is 29.8 Å². The Morgan fingerprint density at radius 2 is 2.10 bits per heavy atom. The van der Waals surface area contributed by atoms with E-state index in [1.54, 1.807) is 0 Å². The van der Waals surface area contributed by atoms with Gasteiger partial charge in [0.05, 0.1) is 18.6 Å². The SMILES string of the molecule is CCCNCc1ccc(NC(=O)C2COC(C)C2)cc1. The van der Waals surface area contributed by atoms with Gasteiger partial charge in [0.2, 0.25) is 5.91 Å². The van der Waals surface area contributed by atoms with Crippen molar-refractivity contribution < 1.29 is 9.53 Å². The maximum atomic E-state index is 12.1. The van der Waals surface area contributed by atoms with Gasteiger partial charge in [-0.2, -0.15) is 0 Å². The second-order valence-corrected chi connectivity index (χ2v) is 5.44. The van der Waals surface area contributed by atoms with Crippen LogP contribution in [0, 0.1) is 5.92 Å². The predicted molar refractivity (Wildman–Crippen MR) is 80.6 cm³/mol. The third-order valence-electron chi connectivity index (χ3n) is 3.55. The Kier molecular flexibility index (Phi) is 5.56. The summed E-state index contributed by atoms with van der Waals surface area (Å²) in [6.45, 7) is 6.59. The number of benzene rings is 1. The molecule has 1 aromatic rings. The molecule has 0 bridgehead atoms. The van der Waals surface area contributed by atoms with Gasteiger partial charge in [0.1, 0.15) is 0 Å². The van der Waals surface area contributed by atoms with E-state index in [0.717, 1.165) is 31.6 Å². The molecule has 1 heterocycles. The van der Waals surface area contributed by atoms with Crippen LogP contribution >= 0.6 is 0 Å². The largest absolute Gasteiger partial charge is 0.378 e. The molecule has 2 atom stereocenters. The lowest BCUT2D eigenvalue weighted by Crippen LogP contribution is -2.23. The summed E-state index contributed by atoms with van der Waals surface area (Å²) in [6.07, 6.45) is 2.14. The lowest BCUT2D eigenvalue weighted by molar-refractivity contribution is -0.119. The quantitative estimate of drug-likeness (QED) is 0.785. The minimum absolute atomic E-state index is 0.0177. The van der Waals surface area contributed by atoms with Crippen LogP contribution in [0.5, 0.6) is 0 Å². The number of nitrogens with one attached hydrogen (secondary N) is 2. The van der Waals surface area contributed by atoms with Crippen molar-refractivity contribution in [1.29, 1.82) is 0 Å². The average Bonchev–Trinajstić information content (AvgIpc) is 2.88. The second-order valence-electron chi connectivity index (χ2n) is 5.44. The molecular formula is C16H24N2O2. The lowest BCUT2D eigenvalue weighted by atomic mass is 10.1. The van der Waals surface area contributed by atoms with Gasteiger partial charge in [-0.25, -0.2) is 0 Å². The summed E-state index contributed by atoms with van der Waals surface area (Å²) in [7, 11) is 0. The van der Waals surface area contributed by atoms with E-state index in [2.05, 4.69) is 17.6 Å². The predicted octanol–water partition coefficient (Wildman–Crippen LogP) is 2.55. The van der Waals surface area contributed by atoms with E-state index in [1.807, 2.05) is 31.2 Å². The number of ether oxygens (including phenoxy) is 1. The van der Waals surface area contributed by atoms with Gasteiger partial charge < -0.3 is 15.4 Å². The highest BCUT2D eigenvalue weighted by molar-refractivity contribution is 5.92. The monoisotopic (exact) mass is 276 g/mol. The molecule has 0 aromatic heterocycles. The summed E-state index contributed by atoms with van der Waals surface area (Å²) in [5.74, 6) is 0.0436. The van der Waals surface area contributed by atoms with Crippen LogP contribution < -0.4 is 10.6 Å². The molecule has 1 aromatic carbocycles. The van der Waals surface area contributed by atoms with Crippen LogP contribution in [0.4, 0.5) is 5.69 Å². The zero-order valence-electron chi connectivity index (χ0n) is 12.3. The fourth-order valence-corrected chi connectivity index (χ4v) is 2.36. The standard InChI is InChI=1S/C16H24N2O2/c1-3-8-17-10-13-4-6-15(7-5-13)18-16(19)14-9-12(2)20-11-14/h4-7,12,14,17H,3,8-11H2,1-2H3,(H,18,19). The van der Waals surface area contributed by atoms with E-state index in [9.17, 15) is 4.79 Å². The van der Waals surface area contributed by atoms with Gasteiger partial charge in [-0.15, -0.1) is 0 Å². The molecule has 110 valence electrons. The number of hydrogen-bond acceptors (Lipinski definition) is 3. The number of hydrogen-bond donors (Lipinski definition) is 2. The molecule has 1 aliphatic heterocycles. The Morgan fingerprint density at radius 1 is 1.35 bits per heavy atom. The molecule has 2 unspecified atom stereocenters. The van der Waals surface area contributed by atoms with Gasteiger partial charge in [0.25, 0.3) is 0 Å². The summed E-state index contributed by atoms with van der Waals surface area (Å²) in [5.41, 5.74) is 2.09. The molecular weight excluding hydrogens is 252 g/mol. The molecule has 4 heteroatoms. The highest BCUT2D eigenvalue weighted by Gasteiger charge is 2.28. The molecule has 2 rings (SSSR count).